The van der Waals surface area contributed by atoms with Gasteiger partial charge in [-0.25, -0.2) is 4.79 Å². The van der Waals surface area contributed by atoms with Crippen molar-refractivity contribution in [2.24, 2.45) is 0 Å². The summed E-state index contributed by atoms with van der Waals surface area (Å²) in [5.74, 6) is -0.418. The van der Waals surface area contributed by atoms with E-state index in [0.29, 0.717) is 5.75 Å². The van der Waals surface area contributed by atoms with Crippen LogP contribution in [0.15, 0.2) is 59.1 Å². The maximum Gasteiger partial charge on any atom is 0.341 e. The van der Waals surface area contributed by atoms with Crippen molar-refractivity contribution in [3.63, 3.8) is 0 Å². The summed E-state index contributed by atoms with van der Waals surface area (Å²) in [6, 6.07) is 19.5. The van der Waals surface area contributed by atoms with E-state index in [1.165, 1.54) is 0 Å². The molecule has 0 atom stereocenters. The van der Waals surface area contributed by atoms with Gasteiger partial charge in [-0.05, 0) is 65.8 Å². The zero-order valence-corrected chi connectivity index (χ0v) is 22.3. The van der Waals surface area contributed by atoms with Gasteiger partial charge < -0.3 is 25.2 Å². The van der Waals surface area contributed by atoms with Crippen molar-refractivity contribution < 1.29 is 51.7 Å². The van der Waals surface area contributed by atoms with Crippen LogP contribution >= 0.6 is 15.9 Å². The van der Waals surface area contributed by atoms with E-state index in [1.54, 1.807) is 65.8 Å². The summed E-state index contributed by atoms with van der Waals surface area (Å²) in [6.45, 7) is 10.0. The molecule has 31 heavy (non-hydrogen) atoms. The number of aliphatic carboxylic acids is 1. The summed E-state index contributed by atoms with van der Waals surface area (Å²) in [5, 5.41) is 32.5. The van der Waals surface area contributed by atoms with Gasteiger partial charge in [0.05, 0.1) is 0 Å². The van der Waals surface area contributed by atoms with Gasteiger partial charge in [-0.2, -0.15) is 36.4 Å². The van der Waals surface area contributed by atoms with Crippen LogP contribution in [-0.4, -0.2) is 51.3 Å². The van der Waals surface area contributed by atoms with E-state index in [4.69, 9.17) is 25.2 Å². The minimum Gasteiger partial charge on any atom is -0.482 e. The molecule has 2 aromatic carbocycles. The fourth-order valence-electron chi connectivity index (χ4n) is 1.02. The molecule has 2 rings (SSSR count). The average Bonchev–Trinajstić information content (AvgIpc) is 2.62. The molecule has 2 aromatic rings. The van der Waals surface area contributed by atoms with Crippen molar-refractivity contribution in [2.45, 2.75) is 59.9 Å². The van der Waals surface area contributed by atoms with Crippen LogP contribution in [-0.2, 0) is 26.5 Å². The fourth-order valence-corrected chi connectivity index (χ4v) is 1.28. The van der Waals surface area contributed by atoms with Crippen LogP contribution in [0.3, 0.4) is 0 Å². The molecule has 0 aliphatic heterocycles. The van der Waals surface area contributed by atoms with E-state index in [1.807, 2.05) is 30.3 Å². The van der Waals surface area contributed by atoms with Gasteiger partial charge in [-0.1, -0.05) is 15.9 Å². The third-order valence-electron chi connectivity index (χ3n) is 1.78. The van der Waals surface area contributed by atoms with Crippen LogP contribution in [0.1, 0.15) is 41.5 Å². The molecule has 8 heteroatoms. The Kier molecular flexibility index (Phi) is 32.1. The van der Waals surface area contributed by atoms with Gasteiger partial charge in [0, 0.05) is 44.5 Å². The molecule has 0 spiro atoms. The van der Waals surface area contributed by atoms with Gasteiger partial charge in [0.15, 0.2) is 6.61 Å². The summed E-state index contributed by atoms with van der Waals surface area (Å²) in [5.41, 5.74) is 0. The molecule has 176 valence electrons. The number of halogens is 1. The van der Waals surface area contributed by atoms with Gasteiger partial charge >= 0.3 is 5.97 Å². The predicted molar refractivity (Wildman–Crippen MR) is 125 cm³/mol. The molecule has 0 saturated carbocycles. The Bertz CT molecular complexity index is 544. The van der Waals surface area contributed by atoms with Crippen molar-refractivity contribution in [3.8, 4) is 5.75 Å². The Morgan fingerprint density at radius 1 is 0.871 bits per heavy atom. The van der Waals surface area contributed by atoms with Crippen LogP contribution in [0.4, 0.5) is 0 Å². The molecule has 0 amide bonds. The van der Waals surface area contributed by atoms with Crippen LogP contribution < -0.4 is 4.74 Å². The Labute approximate surface area is 210 Å². The molecule has 6 nitrogen and oxygen atoms in total. The van der Waals surface area contributed by atoms with Gasteiger partial charge in [-0.15, -0.1) is 0 Å². The largest absolute Gasteiger partial charge is 0.482 e. The first kappa shape index (κ1) is 37.1. The van der Waals surface area contributed by atoms with Crippen LogP contribution in [0, 0.1) is 6.07 Å². The number of carbonyl (C=O) groups is 1. The zero-order chi connectivity index (χ0) is 23.9. The van der Waals surface area contributed by atoms with Gasteiger partial charge in [0.25, 0.3) is 0 Å². The van der Waals surface area contributed by atoms with E-state index >= 15 is 0 Å². The first-order valence-corrected chi connectivity index (χ1v) is 10.2. The number of hydrogen-bond donors (Lipinski definition) is 4. The summed E-state index contributed by atoms with van der Waals surface area (Å²) < 4.78 is 5.84. The molecule has 0 aromatic heterocycles. The monoisotopic (exact) mass is 535 g/mol. The summed E-state index contributed by atoms with van der Waals surface area (Å²) in [6.07, 6.45) is -0.500. The van der Waals surface area contributed by atoms with E-state index in [2.05, 4.69) is 22.0 Å². The van der Waals surface area contributed by atoms with E-state index in [-0.39, 0.29) is 46.6 Å². The Morgan fingerprint density at radius 2 is 1.23 bits per heavy atom. The first-order valence-electron chi connectivity index (χ1n) is 9.43. The molecule has 0 radical (unpaired) electrons. The summed E-state index contributed by atoms with van der Waals surface area (Å²) in [7, 11) is 0. The van der Waals surface area contributed by atoms with Crippen LogP contribution in [0.5, 0.6) is 5.75 Å². The van der Waals surface area contributed by atoms with Crippen LogP contribution in [0.2, 0.25) is 0 Å². The first-order chi connectivity index (χ1) is 13.9. The molecule has 0 aliphatic rings. The molecule has 0 saturated heterocycles. The maximum absolute atomic E-state index is 10.1. The summed E-state index contributed by atoms with van der Waals surface area (Å²) in [4.78, 5) is 10.1. The second kappa shape index (κ2) is 26.8. The third-order valence-corrected chi connectivity index (χ3v) is 2.31. The Balaban J connectivity index is -0.000000163. The van der Waals surface area contributed by atoms with Gasteiger partial charge in [0.1, 0.15) is 5.75 Å². The normalized spacial score (nSPS) is 8.68. The molecule has 0 fully saturated rings. The number of aliphatic hydroxyl groups is 3. The molecular weight excluding hydrogens is 500 g/mol. The SMILES string of the molecule is CC(C)O.CC(C)O.CC(C)O.O=C(O)COc1ccc(Br)cc1.[Ti].[c-]1ccccc1. The second-order valence-corrected chi connectivity index (χ2v) is 7.41. The van der Waals surface area contributed by atoms with Crippen molar-refractivity contribution in [1.82, 2.24) is 0 Å². The molecule has 0 unspecified atom stereocenters. The molecule has 4 N–H and O–H groups in total. The number of carboxylic acids is 1. The molecular formula is C23H36BrO6Ti-. The quantitative estimate of drug-likeness (QED) is 0.339. The predicted octanol–water partition coefficient (Wildman–Crippen LogP) is 4.56. The number of ether oxygens (including phenoxy) is 1. The zero-order valence-electron chi connectivity index (χ0n) is 19.1. The minimum absolute atomic E-state index is 0. The number of carboxylic acid groups (broad SMARTS) is 1. The molecule has 0 heterocycles. The van der Waals surface area contributed by atoms with E-state index in [0.717, 1.165) is 4.47 Å². The molecule has 0 bridgehead atoms. The van der Waals surface area contributed by atoms with Crippen molar-refractivity contribution in [1.29, 1.82) is 0 Å². The number of aliphatic hydroxyl groups excluding tert-OH is 3. The topological polar surface area (TPSA) is 107 Å². The maximum atomic E-state index is 10.1. The van der Waals surface area contributed by atoms with Crippen LogP contribution in [0.25, 0.3) is 0 Å². The standard InChI is InChI=1S/C8H7BrO3.C6H5.3C3H8O.Ti/c9-6-1-3-7(4-2-6)12-5-8(10)11;1-2-4-6-5-3-1;3*1-3(2)4;/h1-4H,5H2,(H,10,11);1-5H;3*3-4H,1-2H3;/q;-1;;;;. The minimum atomic E-state index is -0.974. The number of rotatable bonds is 3. The average molecular weight is 536 g/mol. The smallest absolute Gasteiger partial charge is 0.341 e. The van der Waals surface area contributed by atoms with Gasteiger partial charge in [0.2, 0.25) is 0 Å². The number of benzene rings is 2. The van der Waals surface area contributed by atoms with Crippen molar-refractivity contribution in [2.75, 3.05) is 6.61 Å². The van der Waals surface area contributed by atoms with E-state index in [9.17, 15) is 4.79 Å². The van der Waals surface area contributed by atoms with Gasteiger partial charge in [-0.3, -0.25) is 0 Å². The molecule has 0 aliphatic carbocycles. The fraction of sp³-hybridized carbons (Fsp3) is 0.435. The Morgan fingerprint density at radius 3 is 1.45 bits per heavy atom. The van der Waals surface area contributed by atoms with Crippen molar-refractivity contribution in [3.05, 3.63) is 65.1 Å². The number of hydrogen-bond acceptors (Lipinski definition) is 5. The Hall–Kier alpha value is -1.22. The van der Waals surface area contributed by atoms with Crippen molar-refractivity contribution >= 4 is 21.9 Å². The second-order valence-electron chi connectivity index (χ2n) is 6.49. The third kappa shape index (κ3) is 52.8. The summed E-state index contributed by atoms with van der Waals surface area (Å²) >= 11 is 3.25. The van der Waals surface area contributed by atoms with E-state index < -0.39 is 5.97 Å².